The molecule has 110 valence electrons. The van der Waals surface area contributed by atoms with Gasteiger partial charge in [0.15, 0.2) is 0 Å². The van der Waals surface area contributed by atoms with Gasteiger partial charge in [0.1, 0.15) is 6.04 Å². The third kappa shape index (κ3) is 3.31. The van der Waals surface area contributed by atoms with Gasteiger partial charge in [0.05, 0.1) is 0 Å². The van der Waals surface area contributed by atoms with E-state index in [1.807, 2.05) is 6.07 Å². The Morgan fingerprint density at radius 3 is 2.55 bits per heavy atom. The number of hydrogen-bond acceptors (Lipinski definition) is 3. The highest BCUT2D eigenvalue weighted by molar-refractivity contribution is 5.73. The summed E-state index contributed by atoms with van der Waals surface area (Å²) < 4.78 is 0. The Morgan fingerprint density at radius 2 is 2.00 bits per heavy atom. The molecule has 1 saturated heterocycles. The van der Waals surface area contributed by atoms with Gasteiger partial charge in [-0.05, 0) is 42.4 Å². The molecule has 1 unspecified atom stereocenters. The second-order valence-electron chi connectivity index (χ2n) is 5.89. The molecule has 1 aromatic rings. The summed E-state index contributed by atoms with van der Waals surface area (Å²) in [6.07, 6.45) is 2.89. The molecule has 4 heteroatoms. The van der Waals surface area contributed by atoms with Crippen LogP contribution >= 0.6 is 0 Å². The highest BCUT2D eigenvalue weighted by atomic mass is 16.4. The molecule has 0 aromatic heterocycles. The fraction of sp³-hybridized carbons (Fsp3) is 0.562. The van der Waals surface area contributed by atoms with E-state index in [9.17, 15) is 4.79 Å². The monoisotopic (exact) mass is 276 g/mol. The van der Waals surface area contributed by atoms with Crippen molar-refractivity contribution in [2.45, 2.75) is 45.1 Å². The zero-order valence-corrected chi connectivity index (χ0v) is 12.3. The van der Waals surface area contributed by atoms with Crippen molar-refractivity contribution < 1.29 is 9.90 Å². The van der Waals surface area contributed by atoms with Gasteiger partial charge in [-0.1, -0.05) is 26.0 Å². The summed E-state index contributed by atoms with van der Waals surface area (Å²) in [6.45, 7) is 6.59. The number of aliphatic carboxylic acids is 1. The molecule has 1 aliphatic rings. The number of nitrogens with two attached hydrogens (primary N) is 1. The second kappa shape index (κ2) is 6.27. The molecule has 2 rings (SSSR count). The number of benzene rings is 1. The van der Waals surface area contributed by atoms with Crippen molar-refractivity contribution in [1.29, 1.82) is 0 Å². The van der Waals surface area contributed by atoms with E-state index < -0.39 is 12.0 Å². The maximum absolute atomic E-state index is 10.9. The van der Waals surface area contributed by atoms with Gasteiger partial charge in [0, 0.05) is 18.8 Å². The molecule has 0 saturated carbocycles. The molecular weight excluding hydrogens is 252 g/mol. The molecule has 0 aliphatic carbocycles. The van der Waals surface area contributed by atoms with Crippen LogP contribution in [0.5, 0.6) is 0 Å². The van der Waals surface area contributed by atoms with Gasteiger partial charge in [0.25, 0.3) is 0 Å². The van der Waals surface area contributed by atoms with Crippen LogP contribution in [0, 0.1) is 0 Å². The minimum Gasteiger partial charge on any atom is -0.480 e. The summed E-state index contributed by atoms with van der Waals surface area (Å²) in [7, 11) is 0. The first-order chi connectivity index (χ1) is 9.49. The van der Waals surface area contributed by atoms with Gasteiger partial charge in [0.2, 0.25) is 0 Å². The van der Waals surface area contributed by atoms with Crippen LogP contribution in [0.25, 0.3) is 0 Å². The lowest BCUT2D eigenvalue weighted by atomic mass is 9.95. The number of nitrogens with zero attached hydrogens (tertiary/aromatic N) is 1. The number of rotatable bonds is 5. The lowest BCUT2D eigenvalue weighted by molar-refractivity contribution is -0.138. The van der Waals surface area contributed by atoms with Crippen molar-refractivity contribution in [2.75, 3.05) is 18.0 Å². The fourth-order valence-corrected chi connectivity index (χ4v) is 2.78. The van der Waals surface area contributed by atoms with Crippen LogP contribution in [0.1, 0.15) is 43.7 Å². The largest absolute Gasteiger partial charge is 0.480 e. The van der Waals surface area contributed by atoms with E-state index in [4.69, 9.17) is 10.8 Å². The zero-order valence-electron chi connectivity index (χ0n) is 12.3. The zero-order chi connectivity index (χ0) is 14.7. The first-order valence-electron chi connectivity index (χ1n) is 7.35. The second-order valence-corrected chi connectivity index (χ2v) is 5.89. The van der Waals surface area contributed by atoms with Crippen molar-refractivity contribution in [3.8, 4) is 0 Å². The Bertz CT molecular complexity index is 479. The number of anilines is 1. The average Bonchev–Trinajstić information content (AvgIpc) is 2.92. The maximum Gasteiger partial charge on any atom is 0.320 e. The van der Waals surface area contributed by atoms with Gasteiger partial charge >= 0.3 is 5.97 Å². The minimum absolute atomic E-state index is 0.384. The van der Waals surface area contributed by atoms with Gasteiger partial charge < -0.3 is 15.7 Å². The molecule has 0 bridgehead atoms. The van der Waals surface area contributed by atoms with Gasteiger partial charge in [-0.25, -0.2) is 0 Å². The SMILES string of the molecule is CC(C)c1cc(CC(N)C(=O)O)ccc1N1CCCC1. The predicted octanol–water partition coefficient (Wildman–Crippen LogP) is 2.36. The molecule has 3 N–H and O–H groups in total. The van der Waals surface area contributed by atoms with Crippen molar-refractivity contribution in [3.05, 3.63) is 29.3 Å². The van der Waals surface area contributed by atoms with E-state index in [0.717, 1.165) is 18.7 Å². The predicted molar refractivity (Wildman–Crippen MR) is 81.3 cm³/mol. The van der Waals surface area contributed by atoms with E-state index in [2.05, 4.69) is 30.9 Å². The van der Waals surface area contributed by atoms with Crippen LogP contribution in [0.3, 0.4) is 0 Å². The number of carboxylic acid groups (broad SMARTS) is 1. The maximum atomic E-state index is 10.9. The Morgan fingerprint density at radius 1 is 1.35 bits per heavy atom. The molecule has 4 nitrogen and oxygen atoms in total. The third-order valence-electron chi connectivity index (χ3n) is 3.93. The Kier molecular flexibility index (Phi) is 4.65. The average molecular weight is 276 g/mol. The first kappa shape index (κ1) is 14.9. The smallest absolute Gasteiger partial charge is 0.320 e. The summed E-state index contributed by atoms with van der Waals surface area (Å²) in [4.78, 5) is 13.3. The number of hydrogen-bond donors (Lipinski definition) is 2. The van der Waals surface area contributed by atoms with E-state index in [-0.39, 0.29) is 0 Å². The molecular formula is C16H24N2O2. The normalized spacial score (nSPS) is 16.7. The Labute approximate surface area is 120 Å². The van der Waals surface area contributed by atoms with Gasteiger partial charge in [-0.2, -0.15) is 0 Å². The molecule has 0 radical (unpaired) electrons. The quantitative estimate of drug-likeness (QED) is 0.866. The van der Waals surface area contributed by atoms with Crippen molar-refractivity contribution in [2.24, 2.45) is 5.73 Å². The highest BCUT2D eigenvalue weighted by Gasteiger charge is 2.19. The van der Waals surface area contributed by atoms with Gasteiger partial charge in [-0.15, -0.1) is 0 Å². The van der Waals surface area contributed by atoms with E-state index in [0.29, 0.717) is 12.3 Å². The molecule has 1 atom stereocenters. The lowest BCUT2D eigenvalue weighted by Crippen LogP contribution is -2.32. The minimum atomic E-state index is -0.945. The standard InChI is InChI=1S/C16H24N2O2/c1-11(2)13-9-12(10-14(17)16(19)20)5-6-15(13)18-7-3-4-8-18/h5-6,9,11,14H,3-4,7-8,10,17H2,1-2H3,(H,19,20). The molecule has 0 spiro atoms. The molecule has 0 amide bonds. The number of carbonyl (C=O) groups is 1. The summed E-state index contributed by atoms with van der Waals surface area (Å²) in [6, 6.07) is 5.45. The number of carboxylic acids is 1. The summed E-state index contributed by atoms with van der Waals surface area (Å²) in [5.41, 5.74) is 9.22. The van der Waals surface area contributed by atoms with Crippen molar-refractivity contribution >= 4 is 11.7 Å². The molecule has 1 aliphatic heterocycles. The van der Waals surface area contributed by atoms with Crippen molar-refractivity contribution in [3.63, 3.8) is 0 Å². The molecule has 1 heterocycles. The van der Waals surface area contributed by atoms with Crippen LogP contribution in [0.4, 0.5) is 5.69 Å². The highest BCUT2D eigenvalue weighted by Crippen LogP contribution is 2.31. The van der Waals surface area contributed by atoms with Crippen LogP contribution < -0.4 is 10.6 Å². The van der Waals surface area contributed by atoms with Crippen LogP contribution in [0.2, 0.25) is 0 Å². The molecule has 1 fully saturated rings. The van der Waals surface area contributed by atoms with Crippen LogP contribution in [-0.2, 0) is 11.2 Å². The van der Waals surface area contributed by atoms with Gasteiger partial charge in [-0.3, -0.25) is 4.79 Å². The summed E-state index contributed by atoms with van der Waals surface area (Å²) in [5, 5.41) is 8.92. The summed E-state index contributed by atoms with van der Waals surface area (Å²) >= 11 is 0. The van der Waals surface area contributed by atoms with Crippen LogP contribution in [-0.4, -0.2) is 30.2 Å². The van der Waals surface area contributed by atoms with E-state index >= 15 is 0 Å². The Balaban J connectivity index is 2.25. The third-order valence-corrected chi connectivity index (χ3v) is 3.93. The Hall–Kier alpha value is -1.55. The fourth-order valence-electron chi connectivity index (χ4n) is 2.78. The molecule has 20 heavy (non-hydrogen) atoms. The summed E-state index contributed by atoms with van der Waals surface area (Å²) in [5.74, 6) is -0.522. The molecule has 1 aromatic carbocycles. The van der Waals surface area contributed by atoms with Crippen molar-refractivity contribution in [1.82, 2.24) is 0 Å². The topological polar surface area (TPSA) is 66.6 Å². The van der Waals surface area contributed by atoms with Crippen LogP contribution in [0.15, 0.2) is 18.2 Å². The van der Waals surface area contributed by atoms with E-state index in [1.165, 1.54) is 24.1 Å². The lowest BCUT2D eigenvalue weighted by Gasteiger charge is -2.24. The first-order valence-corrected chi connectivity index (χ1v) is 7.35. The van der Waals surface area contributed by atoms with E-state index in [1.54, 1.807) is 0 Å².